The predicted octanol–water partition coefficient (Wildman–Crippen LogP) is 3.23. The fraction of sp³-hybridized carbons (Fsp3) is 0.321. The zero-order chi connectivity index (χ0) is 26.5. The van der Waals surface area contributed by atoms with Gasteiger partial charge in [-0.1, -0.05) is 30.3 Å². The van der Waals surface area contributed by atoms with Crippen LogP contribution in [0.4, 0.5) is 0 Å². The van der Waals surface area contributed by atoms with Crippen molar-refractivity contribution in [3.8, 4) is 0 Å². The van der Waals surface area contributed by atoms with Gasteiger partial charge in [-0.2, -0.15) is 0 Å². The van der Waals surface area contributed by atoms with Crippen LogP contribution < -0.4 is 5.32 Å². The van der Waals surface area contributed by atoms with E-state index in [0.29, 0.717) is 12.2 Å². The van der Waals surface area contributed by atoms with E-state index >= 15 is 0 Å². The quantitative estimate of drug-likeness (QED) is 0.275. The smallest absolute Gasteiger partial charge is 0.286 e. The van der Waals surface area contributed by atoms with E-state index in [-0.39, 0.29) is 50.6 Å². The Balaban J connectivity index is 1.37. The van der Waals surface area contributed by atoms with Crippen LogP contribution in [0, 0.1) is 0 Å². The van der Waals surface area contributed by atoms with Crippen LogP contribution in [0.15, 0.2) is 66.6 Å². The molecule has 0 spiro atoms. The molecular formula is C28H30N4O6. The van der Waals surface area contributed by atoms with E-state index < -0.39 is 12.2 Å². The summed E-state index contributed by atoms with van der Waals surface area (Å²) in [5, 5.41) is 12.7. The van der Waals surface area contributed by atoms with Crippen molar-refractivity contribution in [1.82, 2.24) is 19.9 Å². The van der Waals surface area contributed by atoms with E-state index in [1.807, 2.05) is 54.7 Å². The van der Waals surface area contributed by atoms with E-state index in [2.05, 4.69) is 15.3 Å². The molecule has 198 valence electrons. The minimum atomic E-state index is -0.700. The third kappa shape index (κ3) is 5.62. The van der Waals surface area contributed by atoms with E-state index in [9.17, 15) is 9.59 Å². The highest BCUT2D eigenvalue weighted by molar-refractivity contribution is 5.95. The van der Waals surface area contributed by atoms with Gasteiger partial charge in [-0.3, -0.25) is 14.2 Å². The number of carbonyl (C=O) groups excluding carboxylic acids is 2. The van der Waals surface area contributed by atoms with Gasteiger partial charge in [-0.15, -0.1) is 0 Å². The Morgan fingerprint density at radius 1 is 1.16 bits per heavy atom. The highest BCUT2D eigenvalue weighted by Gasteiger charge is 2.31. The number of aliphatic hydroxyl groups excluding tert-OH is 1. The first kappa shape index (κ1) is 25.7. The number of imidazole rings is 1. The normalized spacial score (nSPS) is 17.4. The molecule has 2 aromatic heterocycles. The SMILES string of the molecule is CC(=O)n1cc([C@H]2C=C(C(=O)NCc3nc4ccccc4[nH]3)O[C@@H](OCCOCCO)C2)c2ccccc21. The Labute approximate surface area is 219 Å². The largest absolute Gasteiger partial charge is 0.459 e. The predicted molar refractivity (Wildman–Crippen MR) is 140 cm³/mol. The van der Waals surface area contributed by atoms with Crippen LogP contribution in [0.1, 0.15) is 35.4 Å². The van der Waals surface area contributed by atoms with Crippen molar-refractivity contribution in [1.29, 1.82) is 0 Å². The molecule has 1 aliphatic heterocycles. The molecule has 2 atom stereocenters. The lowest BCUT2D eigenvalue weighted by atomic mass is 9.92. The van der Waals surface area contributed by atoms with Crippen LogP contribution in [0.3, 0.4) is 0 Å². The second kappa shape index (κ2) is 11.6. The van der Waals surface area contributed by atoms with Gasteiger partial charge in [0.05, 0.1) is 49.5 Å². The zero-order valence-corrected chi connectivity index (χ0v) is 21.1. The molecule has 0 saturated heterocycles. The number of nitrogens with zero attached hydrogens (tertiary/aromatic N) is 2. The lowest BCUT2D eigenvalue weighted by Crippen LogP contribution is -2.33. The molecule has 38 heavy (non-hydrogen) atoms. The van der Waals surface area contributed by atoms with Gasteiger partial charge in [0.1, 0.15) is 5.82 Å². The molecular weight excluding hydrogens is 488 g/mol. The molecule has 0 bridgehead atoms. The number of amides is 1. The number of nitrogens with one attached hydrogen (secondary N) is 2. The number of aromatic nitrogens is 3. The first-order valence-electron chi connectivity index (χ1n) is 12.5. The van der Waals surface area contributed by atoms with Crippen molar-refractivity contribution in [2.24, 2.45) is 0 Å². The molecule has 1 aliphatic rings. The molecule has 5 rings (SSSR count). The standard InChI is InChI=1S/C28H30N4O6/c1-18(34)32-17-21(20-6-2-5-9-24(20)32)19-14-25(38-27(15-19)37-13-12-36-11-10-33)28(35)29-16-26-30-22-7-3-4-8-23(22)31-26/h2-9,14,17,19,27,33H,10-13,15-16H2,1H3,(H,29,35)(H,30,31)/t19-,27+/m0/s1. The molecule has 10 nitrogen and oxygen atoms in total. The minimum Gasteiger partial charge on any atom is -0.459 e. The number of H-pyrrole nitrogens is 1. The van der Waals surface area contributed by atoms with Crippen molar-refractivity contribution >= 4 is 33.8 Å². The Morgan fingerprint density at radius 3 is 2.79 bits per heavy atom. The number of carbonyl (C=O) groups is 2. The molecule has 2 aromatic carbocycles. The number of hydrogen-bond donors (Lipinski definition) is 3. The molecule has 0 radical (unpaired) electrons. The number of rotatable bonds is 10. The molecule has 3 heterocycles. The Hall–Kier alpha value is -3.99. The van der Waals surface area contributed by atoms with Gasteiger partial charge < -0.3 is 29.6 Å². The van der Waals surface area contributed by atoms with Crippen LogP contribution >= 0.6 is 0 Å². The molecule has 0 fully saturated rings. The van der Waals surface area contributed by atoms with E-state index in [0.717, 1.165) is 27.5 Å². The van der Waals surface area contributed by atoms with E-state index in [4.69, 9.17) is 19.3 Å². The number of ether oxygens (including phenoxy) is 3. The Kier molecular flexibility index (Phi) is 7.83. The molecule has 3 N–H and O–H groups in total. The monoisotopic (exact) mass is 518 g/mol. The Bertz CT molecular complexity index is 1440. The Morgan fingerprint density at radius 2 is 1.97 bits per heavy atom. The molecule has 10 heteroatoms. The van der Waals surface area contributed by atoms with Crippen molar-refractivity contribution in [3.63, 3.8) is 0 Å². The average molecular weight is 519 g/mol. The van der Waals surface area contributed by atoms with E-state index in [1.165, 1.54) is 6.92 Å². The van der Waals surface area contributed by atoms with Gasteiger partial charge in [-0.05, 0) is 29.8 Å². The van der Waals surface area contributed by atoms with Gasteiger partial charge >= 0.3 is 0 Å². The number of aliphatic hydroxyl groups is 1. The molecule has 0 unspecified atom stereocenters. The van der Waals surface area contributed by atoms with Crippen LogP contribution in [0.2, 0.25) is 0 Å². The van der Waals surface area contributed by atoms with Gasteiger partial charge in [0.2, 0.25) is 12.2 Å². The lowest BCUT2D eigenvalue weighted by molar-refractivity contribution is -0.151. The summed E-state index contributed by atoms with van der Waals surface area (Å²) in [4.78, 5) is 33.2. The van der Waals surface area contributed by atoms with Gasteiger partial charge in [-0.25, -0.2) is 4.98 Å². The maximum Gasteiger partial charge on any atom is 0.286 e. The van der Waals surface area contributed by atoms with Gasteiger partial charge in [0.25, 0.3) is 5.91 Å². The topological polar surface area (TPSA) is 128 Å². The highest BCUT2D eigenvalue weighted by atomic mass is 16.7. The van der Waals surface area contributed by atoms with Crippen LogP contribution in [0.25, 0.3) is 21.9 Å². The number of benzene rings is 2. The highest BCUT2D eigenvalue weighted by Crippen LogP contribution is 2.36. The molecule has 4 aromatic rings. The first-order valence-corrected chi connectivity index (χ1v) is 12.5. The number of hydrogen-bond acceptors (Lipinski definition) is 7. The minimum absolute atomic E-state index is 0.0689. The maximum atomic E-state index is 13.2. The van der Waals surface area contributed by atoms with Crippen LogP contribution in [-0.2, 0) is 25.5 Å². The number of aromatic amines is 1. The summed E-state index contributed by atoms with van der Waals surface area (Å²) in [6.07, 6.45) is 3.36. The number of para-hydroxylation sites is 3. The third-order valence-electron chi connectivity index (χ3n) is 6.38. The lowest BCUT2D eigenvalue weighted by Gasteiger charge is -2.29. The van der Waals surface area contributed by atoms with Crippen molar-refractivity contribution < 1.29 is 28.9 Å². The van der Waals surface area contributed by atoms with Crippen molar-refractivity contribution in [3.05, 3.63) is 78.0 Å². The summed E-state index contributed by atoms with van der Waals surface area (Å²) in [5.74, 6) is 0.0467. The van der Waals surface area contributed by atoms with Crippen molar-refractivity contribution in [2.75, 3.05) is 26.4 Å². The maximum absolute atomic E-state index is 13.2. The first-order chi connectivity index (χ1) is 18.5. The van der Waals surface area contributed by atoms with Gasteiger partial charge in [0.15, 0.2) is 5.76 Å². The summed E-state index contributed by atoms with van der Waals surface area (Å²) in [6, 6.07) is 15.3. The summed E-state index contributed by atoms with van der Waals surface area (Å²) in [6.45, 7) is 2.39. The van der Waals surface area contributed by atoms with E-state index in [1.54, 1.807) is 10.6 Å². The average Bonchev–Trinajstić information content (AvgIpc) is 3.53. The van der Waals surface area contributed by atoms with Gasteiger partial charge in [0, 0.05) is 30.8 Å². The van der Waals surface area contributed by atoms with Crippen molar-refractivity contribution in [2.45, 2.75) is 32.1 Å². The zero-order valence-electron chi connectivity index (χ0n) is 21.1. The number of fused-ring (bicyclic) bond motifs is 2. The third-order valence-corrected chi connectivity index (χ3v) is 6.38. The fourth-order valence-electron chi connectivity index (χ4n) is 4.64. The number of allylic oxidation sites excluding steroid dienone is 1. The van der Waals surface area contributed by atoms with Crippen LogP contribution in [-0.4, -0.2) is 64.2 Å². The summed E-state index contributed by atoms with van der Waals surface area (Å²) >= 11 is 0. The molecule has 0 aliphatic carbocycles. The fourth-order valence-corrected chi connectivity index (χ4v) is 4.64. The summed E-state index contributed by atoms with van der Waals surface area (Å²) in [7, 11) is 0. The summed E-state index contributed by atoms with van der Waals surface area (Å²) in [5.41, 5.74) is 3.43. The second-order valence-electron chi connectivity index (χ2n) is 9.00. The molecule has 0 saturated carbocycles. The second-order valence-corrected chi connectivity index (χ2v) is 9.00. The summed E-state index contributed by atoms with van der Waals surface area (Å²) < 4.78 is 18.7. The van der Waals surface area contributed by atoms with Crippen LogP contribution in [0.5, 0.6) is 0 Å². The molecule has 1 amide bonds.